The number of hydrogen-bond donors (Lipinski definition) is 0. The van der Waals surface area contributed by atoms with Crippen molar-refractivity contribution >= 4 is 63.1 Å². The molecule has 5 heterocycles. The number of benzene rings is 1. The van der Waals surface area contributed by atoms with E-state index in [1.54, 1.807) is 82.8 Å². The van der Waals surface area contributed by atoms with Crippen molar-refractivity contribution in [1.82, 2.24) is 19.5 Å². The minimum absolute atomic E-state index is 0.0126. The monoisotopic (exact) mass is 701 g/mol. The molecule has 1 aromatic carbocycles. The molecule has 0 saturated carbocycles. The van der Waals surface area contributed by atoms with E-state index in [4.69, 9.17) is 51.6 Å². The van der Waals surface area contributed by atoms with E-state index in [0.29, 0.717) is 32.3 Å². The van der Waals surface area contributed by atoms with E-state index in [1.807, 2.05) is 13.8 Å². The van der Waals surface area contributed by atoms with Crippen LogP contribution in [0, 0.1) is 0 Å². The van der Waals surface area contributed by atoms with E-state index >= 15 is 0 Å². The molecule has 2 fully saturated rings. The van der Waals surface area contributed by atoms with Crippen LogP contribution in [0.15, 0.2) is 43.0 Å². The number of aromatic nitrogens is 4. The Balaban J connectivity index is 1.31. The SMILES string of the molecule is CC(C)(C)OC(=O)N(C(=O)OC(C)(C)C)c1ncnc2c1ccn2[C@@H]1O[C@H](COc2cc3ncc(Cl)cc3cc2Cl)[C@H]2OC(C)(C)O[C@H]21. The lowest BCUT2D eigenvalue weighted by Gasteiger charge is -2.28. The second-order valence-electron chi connectivity index (χ2n) is 14.0. The number of amides is 2. The molecule has 0 unspecified atom stereocenters. The first-order chi connectivity index (χ1) is 22.4. The third kappa shape index (κ3) is 7.01. The summed E-state index contributed by atoms with van der Waals surface area (Å²) in [5.41, 5.74) is -0.747. The molecule has 13 nitrogen and oxygen atoms in total. The fourth-order valence-corrected chi connectivity index (χ4v) is 6.00. The normalized spacial score (nSPS) is 22.1. The van der Waals surface area contributed by atoms with Crippen LogP contribution in [0.1, 0.15) is 61.6 Å². The number of ether oxygens (including phenoxy) is 6. The van der Waals surface area contributed by atoms with Gasteiger partial charge in [0.2, 0.25) is 0 Å². The molecule has 2 saturated heterocycles. The van der Waals surface area contributed by atoms with Gasteiger partial charge in [-0.15, -0.1) is 0 Å². The number of carbonyl (C=O) groups excluding carboxylic acids is 2. The average molecular weight is 703 g/mol. The van der Waals surface area contributed by atoms with E-state index in [-0.39, 0.29) is 12.4 Å². The van der Waals surface area contributed by atoms with Crippen molar-refractivity contribution in [1.29, 1.82) is 0 Å². The van der Waals surface area contributed by atoms with Crippen LogP contribution in [0.25, 0.3) is 21.9 Å². The number of pyridine rings is 1. The maximum absolute atomic E-state index is 13.4. The Kier molecular flexibility index (Phi) is 8.74. The van der Waals surface area contributed by atoms with Crippen molar-refractivity contribution < 1.29 is 38.0 Å². The van der Waals surface area contributed by atoms with Gasteiger partial charge in [-0.25, -0.2) is 19.6 Å². The van der Waals surface area contributed by atoms with Crippen molar-refractivity contribution in [2.75, 3.05) is 11.5 Å². The maximum atomic E-state index is 13.4. The predicted octanol–water partition coefficient (Wildman–Crippen LogP) is 7.46. The quantitative estimate of drug-likeness (QED) is 0.205. The van der Waals surface area contributed by atoms with Crippen molar-refractivity contribution in [3.05, 3.63) is 53.0 Å². The lowest BCUT2D eigenvalue weighted by atomic mass is 10.1. The topological polar surface area (TPSA) is 136 Å². The number of rotatable bonds is 5. The molecule has 6 rings (SSSR count). The third-order valence-corrected chi connectivity index (χ3v) is 7.86. The summed E-state index contributed by atoms with van der Waals surface area (Å²) in [4.78, 5) is 40.7. The molecule has 0 bridgehead atoms. The largest absolute Gasteiger partial charge is 0.489 e. The van der Waals surface area contributed by atoms with Gasteiger partial charge in [-0.2, -0.15) is 4.90 Å². The lowest BCUT2D eigenvalue weighted by molar-refractivity contribution is -0.198. The van der Waals surface area contributed by atoms with Gasteiger partial charge in [0.25, 0.3) is 0 Å². The summed E-state index contributed by atoms with van der Waals surface area (Å²) in [6, 6.07) is 6.94. The zero-order valence-electron chi connectivity index (χ0n) is 27.8. The van der Waals surface area contributed by atoms with E-state index in [1.165, 1.54) is 6.33 Å². The van der Waals surface area contributed by atoms with E-state index in [0.717, 1.165) is 10.3 Å². The van der Waals surface area contributed by atoms with Crippen LogP contribution in [0.3, 0.4) is 0 Å². The van der Waals surface area contributed by atoms with Gasteiger partial charge in [-0.1, -0.05) is 23.2 Å². The highest BCUT2D eigenvalue weighted by molar-refractivity contribution is 6.33. The molecule has 0 aliphatic carbocycles. The summed E-state index contributed by atoms with van der Waals surface area (Å²) in [5, 5.41) is 2.05. The first-order valence-electron chi connectivity index (χ1n) is 15.4. The fourth-order valence-electron chi connectivity index (χ4n) is 5.61. The summed E-state index contributed by atoms with van der Waals surface area (Å²) < 4.78 is 38.2. The highest BCUT2D eigenvalue weighted by atomic mass is 35.5. The smallest absolute Gasteiger partial charge is 0.425 e. The van der Waals surface area contributed by atoms with Crippen molar-refractivity contribution in [2.24, 2.45) is 0 Å². The van der Waals surface area contributed by atoms with Crippen molar-refractivity contribution in [2.45, 2.75) is 96.9 Å². The van der Waals surface area contributed by atoms with Gasteiger partial charge in [-0.3, -0.25) is 4.98 Å². The van der Waals surface area contributed by atoms with Crippen LogP contribution in [-0.4, -0.2) is 73.6 Å². The summed E-state index contributed by atoms with van der Waals surface area (Å²) >= 11 is 12.6. The Morgan fingerprint density at radius 2 is 1.62 bits per heavy atom. The summed E-state index contributed by atoms with van der Waals surface area (Å²) in [5.74, 6) is -0.498. The van der Waals surface area contributed by atoms with Crippen LogP contribution in [0.2, 0.25) is 10.0 Å². The summed E-state index contributed by atoms with van der Waals surface area (Å²) in [6.45, 7) is 13.9. The Bertz CT molecular complexity index is 1860. The molecule has 4 aromatic rings. The van der Waals surface area contributed by atoms with Crippen molar-refractivity contribution in [3.63, 3.8) is 0 Å². The maximum Gasteiger partial charge on any atom is 0.425 e. The molecule has 0 spiro atoms. The molecule has 15 heteroatoms. The Morgan fingerprint density at radius 3 is 2.29 bits per heavy atom. The Morgan fingerprint density at radius 1 is 0.958 bits per heavy atom. The summed E-state index contributed by atoms with van der Waals surface area (Å²) in [6.07, 6.45) is 0.260. The van der Waals surface area contributed by atoms with Gasteiger partial charge >= 0.3 is 12.2 Å². The van der Waals surface area contributed by atoms with Gasteiger partial charge in [-0.05, 0) is 73.6 Å². The zero-order valence-corrected chi connectivity index (χ0v) is 29.3. The van der Waals surface area contributed by atoms with Crippen LogP contribution >= 0.6 is 23.2 Å². The third-order valence-electron chi connectivity index (χ3n) is 7.36. The predicted molar refractivity (Wildman–Crippen MR) is 177 cm³/mol. The molecule has 0 N–H and O–H groups in total. The van der Waals surface area contributed by atoms with Crippen LogP contribution in [0.4, 0.5) is 15.4 Å². The Labute approximate surface area is 287 Å². The first kappa shape index (κ1) is 34.1. The molecule has 2 aliphatic heterocycles. The van der Waals surface area contributed by atoms with Gasteiger partial charge in [0.05, 0.1) is 20.9 Å². The Hall–Kier alpha value is -3.75. The van der Waals surface area contributed by atoms with E-state index in [9.17, 15) is 9.59 Å². The van der Waals surface area contributed by atoms with Gasteiger partial charge < -0.3 is 33.0 Å². The van der Waals surface area contributed by atoms with Crippen LogP contribution < -0.4 is 9.64 Å². The van der Waals surface area contributed by atoms with E-state index < -0.39 is 53.7 Å². The molecule has 48 heavy (non-hydrogen) atoms. The van der Waals surface area contributed by atoms with Crippen molar-refractivity contribution in [3.8, 4) is 5.75 Å². The van der Waals surface area contributed by atoms with Gasteiger partial charge in [0.15, 0.2) is 17.8 Å². The number of nitrogens with zero attached hydrogens (tertiary/aromatic N) is 5. The zero-order chi connectivity index (χ0) is 34.8. The average Bonchev–Trinajstić information content (AvgIpc) is 3.61. The second kappa shape index (κ2) is 12.3. The minimum Gasteiger partial charge on any atom is -0.489 e. The number of halogens is 2. The molecule has 0 radical (unpaired) electrons. The molecule has 3 aromatic heterocycles. The number of anilines is 1. The number of hydrogen-bond acceptors (Lipinski definition) is 11. The minimum atomic E-state index is -0.946. The number of carbonyl (C=O) groups is 2. The highest BCUT2D eigenvalue weighted by Crippen LogP contribution is 2.45. The molecule has 2 amide bonds. The first-order valence-corrected chi connectivity index (χ1v) is 16.1. The second-order valence-corrected chi connectivity index (χ2v) is 14.9. The lowest BCUT2D eigenvalue weighted by Crippen LogP contribution is -2.44. The standard InChI is InChI=1S/C33H37Cl2N5O8/c1-31(2,3)47-29(41)40(30(42)48-32(4,5)6)27-19-9-10-39(26(19)37-16-38-27)28-25-24(45-33(7,8)46-25)23(44-28)15-43-22-13-21-17(12-20(22)35)11-18(34)14-36-21/h9-14,16,23-25,28H,15H2,1-8H3/t23-,24-,25-,28-/m1/s1. The van der Waals surface area contributed by atoms with Gasteiger partial charge in [0, 0.05) is 23.8 Å². The fraction of sp³-hybridized carbons (Fsp3) is 0.485. The molecule has 256 valence electrons. The van der Waals surface area contributed by atoms with Crippen LogP contribution in [0.5, 0.6) is 5.75 Å². The highest BCUT2D eigenvalue weighted by Gasteiger charge is 2.56. The van der Waals surface area contributed by atoms with Gasteiger partial charge in [0.1, 0.15) is 53.8 Å². The number of imide groups is 1. The summed E-state index contributed by atoms with van der Waals surface area (Å²) in [7, 11) is 0. The van der Waals surface area contributed by atoms with E-state index in [2.05, 4.69) is 15.0 Å². The molecular formula is C33H37Cl2N5O8. The molecule has 2 aliphatic rings. The van der Waals surface area contributed by atoms with Crippen LogP contribution in [-0.2, 0) is 23.7 Å². The molecular weight excluding hydrogens is 665 g/mol. The number of fused-ring (bicyclic) bond motifs is 3. The molecule has 4 atom stereocenters.